The van der Waals surface area contributed by atoms with Gasteiger partial charge in [0, 0.05) is 38.1 Å². The van der Waals surface area contributed by atoms with E-state index in [1.807, 2.05) is 0 Å². The number of aromatic amines is 2. The number of aromatic nitrogens is 2. The molecule has 1 aromatic rings. The summed E-state index contributed by atoms with van der Waals surface area (Å²) < 4.78 is 49.5. The van der Waals surface area contributed by atoms with Crippen molar-refractivity contribution in [3.05, 3.63) is 37.9 Å². The Balaban J connectivity index is 1.58. The van der Waals surface area contributed by atoms with Gasteiger partial charge in [-0.3, -0.25) is 14.7 Å². The first-order valence-electron chi connectivity index (χ1n) is 10.3. The third kappa shape index (κ3) is 2.91. The minimum absolute atomic E-state index is 0.0973. The maximum absolute atomic E-state index is 15.9. The lowest BCUT2D eigenvalue weighted by Crippen LogP contribution is -2.47. The van der Waals surface area contributed by atoms with Crippen LogP contribution < -0.4 is 11.2 Å². The Hall–Kier alpha value is -1.91. The van der Waals surface area contributed by atoms with Crippen molar-refractivity contribution >= 4 is 5.57 Å². The van der Waals surface area contributed by atoms with Crippen molar-refractivity contribution in [3.8, 4) is 0 Å². The van der Waals surface area contributed by atoms with Crippen LogP contribution in [-0.4, -0.2) is 58.2 Å². The fourth-order valence-electron chi connectivity index (χ4n) is 5.58. The van der Waals surface area contributed by atoms with E-state index in [2.05, 4.69) is 9.97 Å². The van der Waals surface area contributed by atoms with Crippen LogP contribution in [0.25, 0.3) is 5.57 Å². The molecule has 1 aromatic heterocycles. The van der Waals surface area contributed by atoms with E-state index in [0.717, 1.165) is 12.8 Å². The average molecular weight is 427 g/mol. The molecule has 4 aliphatic rings. The summed E-state index contributed by atoms with van der Waals surface area (Å²) in [6.45, 7) is 0.441. The summed E-state index contributed by atoms with van der Waals surface area (Å²) in [4.78, 5) is 31.0. The predicted octanol–water partition coefficient (Wildman–Crippen LogP) is 1.56. The number of methoxy groups -OCH3 is 1. The first-order chi connectivity index (χ1) is 14.2. The summed E-state index contributed by atoms with van der Waals surface area (Å²) in [5, 5.41) is 10.2. The standard InChI is InChI=1S/C20H24F3N3O4/c1-30-16-14-12(18(28)25-19(29)24-14)11(8-2-3-8)13(21)15(16)26-6-9-4-5-20(22,23)17(27)10(9)7-26/h8-10,15-17,27H,2-7H2,1H3,(H2,24,25,28,29). The Morgan fingerprint density at radius 1 is 1.17 bits per heavy atom. The van der Waals surface area contributed by atoms with Crippen LogP contribution in [0.15, 0.2) is 15.4 Å². The molecule has 164 valence electrons. The quantitative estimate of drug-likeness (QED) is 0.680. The molecular weight excluding hydrogens is 403 g/mol. The third-order valence-corrected chi connectivity index (χ3v) is 7.17. The second-order valence-electron chi connectivity index (χ2n) is 8.96. The zero-order valence-electron chi connectivity index (χ0n) is 16.5. The van der Waals surface area contributed by atoms with Crippen molar-refractivity contribution in [1.29, 1.82) is 0 Å². The van der Waals surface area contributed by atoms with Crippen LogP contribution in [0.1, 0.15) is 43.0 Å². The fraction of sp³-hybridized carbons (Fsp3) is 0.700. The fourth-order valence-corrected chi connectivity index (χ4v) is 5.58. The summed E-state index contributed by atoms with van der Waals surface area (Å²) in [5.41, 5.74) is -0.749. The molecule has 2 heterocycles. The van der Waals surface area contributed by atoms with Gasteiger partial charge in [0.05, 0.1) is 17.3 Å². The monoisotopic (exact) mass is 427 g/mol. The van der Waals surface area contributed by atoms with Crippen LogP contribution in [0.5, 0.6) is 0 Å². The summed E-state index contributed by atoms with van der Waals surface area (Å²) in [5.74, 6) is -4.61. The predicted molar refractivity (Wildman–Crippen MR) is 101 cm³/mol. The van der Waals surface area contributed by atoms with Crippen molar-refractivity contribution in [2.45, 2.75) is 49.9 Å². The number of aliphatic hydroxyl groups excluding tert-OH is 1. The number of hydrogen-bond acceptors (Lipinski definition) is 5. The normalized spacial score (nSPS) is 36.0. The number of fused-ring (bicyclic) bond motifs is 2. The molecular formula is C20H24F3N3O4. The third-order valence-electron chi connectivity index (χ3n) is 7.17. The van der Waals surface area contributed by atoms with Crippen LogP contribution in [-0.2, 0) is 4.74 Å². The van der Waals surface area contributed by atoms with Crippen LogP contribution in [0, 0.1) is 17.8 Å². The largest absolute Gasteiger partial charge is 0.387 e. The van der Waals surface area contributed by atoms with Gasteiger partial charge in [-0.05, 0) is 31.1 Å². The lowest BCUT2D eigenvalue weighted by molar-refractivity contribution is -0.161. The molecule has 5 atom stereocenters. The maximum atomic E-state index is 15.9. The van der Waals surface area contributed by atoms with Crippen molar-refractivity contribution in [2.24, 2.45) is 17.8 Å². The number of halogens is 3. The van der Waals surface area contributed by atoms with Gasteiger partial charge in [0.25, 0.3) is 11.5 Å². The Kier molecular flexibility index (Phi) is 4.53. The Labute approximate surface area is 169 Å². The SMILES string of the molecule is COC1c2[nH]c(=O)[nH]c(=O)c2C(C2CC2)=C(F)C1N1CC2CCC(F)(F)C(O)C2C1. The minimum Gasteiger partial charge on any atom is -0.387 e. The summed E-state index contributed by atoms with van der Waals surface area (Å²) in [6.07, 6.45) is -1.39. The van der Waals surface area contributed by atoms with E-state index in [1.54, 1.807) is 4.90 Å². The van der Waals surface area contributed by atoms with E-state index in [0.29, 0.717) is 6.54 Å². The highest BCUT2D eigenvalue weighted by Gasteiger charge is 2.56. The van der Waals surface area contributed by atoms with E-state index < -0.39 is 53.6 Å². The highest BCUT2D eigenvalue weighted by Crippen LogP contribution is 2.52. The number of allylic oxidation sites excluding steroid dienone is 1. The number of aliphatic hydroxyl groups is 1. The lowest BCUT2D eigenvalue weighted by atomic mass is 9.77. The van der Waals surface area contributed by atoms with Crippen LogP contribution in [0.3, 0.4) is 0 Å². The molecule has 2 saturated carbocycles. The van der Waals surface area contributed by atoms with E-state index in [1.165, 1.54) is 7.11 Å². The van der Waals surface area contributed by atoms with Crippen molar-refractivity contribution in [2.75, 3.05) is 20.2 Å². The molecule has 0 radical (unpaired) electrons. The van der Waals surface area contributed by atoms with E-state index >= 15 is 4.39 Å². The molecule has 7 nitrogen and oxygen atoms in total. The highest BCUT2D eigenvalue weighted by atomic mass is 19.3. The zero-order chi connectivity index (χ0) is 21.4. The lowest BCUT2D eigenvalue weighted by Gasteiger charge is -2.38. The van der Waals surface area contributed by atoms with Gasteiger partial charge in [0.1, 0.15) is 18.0 Å². The average Bonchev–Trinajstić information content (AvgIpc) is 3.43. The van der Waals surface area contributed by atoms with Crippen molar-refractivity contribution < 1.29 is 23.0 Å². The van der Waals surface area contributed by atoms with Gasteiger partial charge in [-0.25, -0.2) is 18.0 Å². The number of alkyl halides is 2. The van der Waals surface area contributed by atoms with Gasteiger partial charge in [-0.2, -0.15) is 0 Å². The second-order valence-corrected chi connectivity index (χ2v) is 8.96. The molecule has 5 unspecified atom stereocenters. The first-order valence-corrected chi connectivity index (χ1v) is 10.3. The molecule has 3 N–H and O–H groups in total. The highest BCUT2D eigenvalue weighted by molar-refractivity contribution is 5.75. The Bertz CT molecular complexity index is 1020. The molecule has 0 aromatic carbocycles. The molecule has 1 aliphatic heterocycles. The van der Waals surface area contributed by atoms with E-state index in [4.69, 9.17) is 4.74 Å². The van der Waals surface area contributed by atoms with E-state index in [-0.39, 0.29) is 41.6 Å². The van der Waals surface area contributed by atoms with Crippen LogP contribution >= 0.6 is 0 Å². The minimum atomic E-state index is -3.15. The van der Waals surface area contributed by atoms with Gasteiger partial charge in [-0.15, -0.1) is 0 Å². The first kappa shape index (κ1) is 20.0. The molecule has 3 fully saturated rings. The second kappa shape index (κ2) is 6.80. The molecule has 10 heteroatoms. The maximum Gasteiger partial charge on any atom is 0.326 e. The summed E-state index contributed by atoms with van der Waals surface area (Å²) in [7, 11) is 1.36. The number of hydrogen-bond donors (Lipinski definition) is 3. The van der Waals surface area contributed by atoms with Gasteiger partial charge >= 0.3 is 5.69 Å². The summed E-state index contributed by atoms with van der Waals surface area (Å²) in [6, 6.07) is -0.943. The number of H-pyrrole nitrogens is 2. The topological polar surface area (TPSA) is 98.4 Å². The number of rotatable bonds is 3. The molecule has 3 aliphatic carbocycles. The van der Waals surface area contributed by atoms with Gasteiger partial charge in [0.15, 0.2) is 0 Å². The Morgan fingerprint density at radius 3 is 2.57 bits per heavy atom. The number of nitrogens with zero attached hydrogens (tertiary/aromatic N) is 1. The zero-order valence-corrected chi connectivity index (χ0v) is 16.5. The molecule has 30 heavy (non-hydrogen) atoms. The van der Waals surface area contributed by atoms with Gasteiger partial charge in [-0.1, -0.05) is 0 Å². The molecule has 0 amide bonds. The van der Waals surface area contributed by atoms with Crippen LogP contribution in [0.4, 0.5) is 13.2 Å². The number of likely N-dealkylation sites (tertiary alicyclic amines) is 1. The smallest absolute Gasteiger partial charge is 0.326 e. The molecule has 0 spiro atoms. The molecule has 5 rings (SSSR count). The van der Waals surface area contributed by atoms with Crippen molar-refractivity contribution in [3.63, 3.8) is 0 Å². The van der Waals surface area contributed by atoms with E-state index in [9.17, 15) is 23.5 Å². The van der Waals surface area contributed by atoms with Crippen molar-refractivity contribution in [1.82, 2.24) is 14.9 Å². The number of ether oxygens (including phenoxy) is 1. The summed E-state index contributed by atoms with van der Waals surface area (Å²) >= 11 is 0. The number of nitrogens with one attached hydrogen (secondary N) is 2. The molecule has 0 bridgehead atoms. The van der Waals surface area contributed by atoms with Gasteiger partial charge < -0.3 is 14.8 Å². The van der Waals surface area contributed by atoms with Gasteiger partial charge in [0.2, 0.25) is 0 Å². The molecule has 1 saturated heterocycles. The Morgan fingerprint density at radius 2 is 1.90 bits per heavy atom. The van der Waals surface area contributed by atoms with Crippen LogP contribution in [0.2, 0.25) is 0 Å².